The molecule has 2 aromatic heterocycles. The molecule has 0 unspecified atom stereocenters. The molecule has 1 aromatic carbocycles. The molecule has 0 aliphatic rings. The molecule has 0 saturated heterocycles. The van der Waals surface area contributed by atoms with Gasteiger partial charge in [0.05, 0.1) is 5.71 Å². The van der Waals surface area contributed by atoms with E-state index < -0.39 is 5.91 Å². The van der Waals surface area contributed by atoms with Crippen molar-refractivity contribution in [3.05, 3.63) is 65.3 Å². The Morgan fingerprint density at radius 3 is 2.67 bits per heavy atom. The van der Waals surface area contributed by atoms with E-state index >= 15 is 0 Å². The van der Waals surface area contributed by atoms with Crippen molar-refractivity contribution in [2.24, 2.45) is 12.1 Å². The highest BCUT2D eigenvalue weighted by molar-refractivity contribution is 6.05. The molecule has 0 aliphatic heterocycles. The second-order valence-electron chi connectivity index (χ2n) is 5.84. The third-order valence-corrected chi connectivity index (χ3v) is 3.78. The highest BCUT2D eigenvalue weighted by Gasteiger charge is 2.12. The fourth-order valence-corrected chi connectivity index (χ4v) is 2.34. The van der Waals surface area contributed by atoms with Gasteiger partial charge in [-0.2, -0.15) is 10.2 Å². The van der Waals surface area contributed by atoms with Crippen LogP contribution in [0.4, 0.5) is 5.69 Å². The van der Waals surface area contributed by atoms with Crippen molar-refractivity contribution in [1.82, 2.24) is 20.4 Å². The number of hydrogen-bond acceptors (Lipinski definition) is 6. The molecule has 2 amide bonds. The fourth-order valence-electron chi connectivity index (χ4n) is 2.34. The summed E-state index contributed by atoms with van der Waals surface area (Å²) in [7, 11) is 1.70. The summed E-state index contributed by atoms with van der Waals surface area (Å²) < 4.78 is 6.36. The molecule has 3 aromatic rings. The summed E-state index contributed by atoms with van der Waals surface area (Å²) in [6.07, 6.45) is 1.56. The van der Waals surface area contributed by atoms with Gasteiger partial charge in [0, 0.05) is 25.0 Å². The molecule has 9 heteroatoms. The van der Waals surface area contributed by atoms with Crippen molar-refractivity contribution < 1.29 is 14.1 Å². The van der Waals surface area contributed by atoms with E-state index in [-0.39, 0.29) is 11.6 Å². The van der Waals surface area contributed by atoms with Crippen LogP contribution in [0.3, 0.4) is 0 Å². The van der Waals surface area contributed by atoms with Crippen LogP contribution in [0, 0.1) is 6.92 Å². The van der Waals surface area contributed by atoms with E-state index in [1.807, 2.05) is 6.07 Å². The lowest BCUT2D eigenvalue weighted by atomic mass is 10.1. The van der Waals surface area contributed by atoms with Crippen LogP contribution in [0.2, 0.25) is 0 Å². The summed E-state index contributed by atoms with van der Waals surface area (Å²) in [6, 6.07) is 10.3. The summed E-state index contributed by atoms with van der Waals surface area (Å²) in [6.45, 7) is 3.44. The smallest absolute Gasteiger partial charge is 0.293 e. The van der Waals surface area contributed by atoms with Crippen molar-refractivity contribution in [2.75, 3.05) is 5.32 Å². The van der Waals surface area contributed by atoms with E-state index in [2.05, 4.69) is 26.1 Å². The number of rotatable bonds is 5. The second-order valence-corrected chi connectivity index (χ2v) is 5.84. The number of carbonyl (C=O) groups is 2. The molecular weight excluding hydrogens is 348 g/mol. The van der Waals surface area contributed by atoms with Crippen molar-refractivity contribution >= 4 is 23.2 Å². The molecule has 3 rings (SSSR count). The van der Waals surface area contributed by atoms with E-state index in [0.29, 0.717) is 22.9 Å². The second kappa shape index (κ2) is 7.65. The van der Waals surface area contributed by atoms with Gasteiger partial charge in [-0.1, -0.05) is 17.3 Å². The van der Waals surface area contributed by atoms with Gasteiger partial charge in [-0.05, 0) is 37.6 Å². The Labute approximate surface area is 155 Å². The van der Waals surface area contributed by atoms with Gasteiger partial charge in [-0.25, -0.2) is 5.43 Å². The lowest BCUT2D eigenvalue weighted by Crippen LogP contribution is -2.19. The largest absolute Gasteiger partial charge is 0.361 e. The Hall–Kier alpha value is -3.75. The van der Waals surface area contributed by atoms with E-state index in [9.17, 15) is 9.59 Å². The number of benzene rings is 1. The lowest BCUT2D eigenvalue weighted by molar-refractivity contribution is 0.0945. The zero-order valence-electron chi connectivity index (χ0n) is 15.1. The quantitative estimate of drug-likeness (QED) is 0.530. The van der Waals surface area contributed by atoms with E-state index in [1.165, 1.54) is 10.7 Å². The maximum Gasteiger partial charge on any atom is 0.293 e. The molecule has 0 aliphatic carbocycles. The molecule has 138 valence electrons. The van der Waals surface area contributed by atoms with Crippen LogP contribution >= 0.6 is 0 Å². The average molecular weight is 366 g/mol. The molecule has 0 spiro atoms. The number of carbonyl (C=O) groups excluding carboxylic acids is 2. The van der Waals surface area contributed by atoms with Crippen molar-refractivity contribution in [3.63, 3.8) is 0 Å². The summed E-state index contributed by atoms with van der Waals surface area (Å²) in [5, 5.41) is 14.5. The average Bonchev–Trinajstić information content (AvgIpc) is 3.28. The molecule has 9 nitrogen and oxygen atoms in total. The van der Waals surface area contributed by atoms with Gasteiger partial charge >= 0.3 is 0 Å². The predicted octanol–water partition coefficient (Wildman–Crippen LogP) is 2.12. The number of hydrazone groups is 1. The molecule has 0 atom stereocenters. The maximum absolute atomic E-state index is 12.3. The predicted molar refractivity (Wildman–Crippen MR) is 98.5 cm³/mol. The van der Waals surface area contributed by atoms with Gasteiger partial charge < -0.3 is 9.84 Å². The molecule has 0 radical (unpaired) electrons. The van der Waals surface area contributed by atoms with Crippen LogP contribution < -0.4 is 10.7 Å². The number of amides is 2. The summed E-state index contributed by atoms with van der Waals surface area (Å²) in [5.74, 6) is -0.193. The summed E-state index contributed by atoms with van der Waals surface area (Å²) >= 11 is 0. The van der Waals surface area contributed by atoms with Gasteiger partial charge in [-0.3, -0.25) is 14.3 Å². The van der Waals surface area contributed by atoms with E-state index in [0.717, 1.165) is 5.56 Å². The Morgan fingerprint density at radius 1 is 1.19 bits per heavy atom. The normalized spacial score (nSPS) is 11.3. The summed E-state index contributed by atoms with van der Waals surface area (Å²) in [4.78, 5) is 24.2. The number of nitrogens with one attached hydrogen (secondary N) is 2. The molecule has 0 bridgehead atoms. The highest BCUT2D eigenvalue weighted by atomic mass is 16.5. The van der Waals surface area contributed by atoms with E-state index in [4.69, 9.17) is 4.52 Å². The first-order valence-electron chi connectivity index (χ1n) is 8.12. The number of anilines is 1. The standard InChI is InChI=1S/C18H18N6O3/c1-11-9-15(23-27-11)17(25)22-21-12(2)13-5-4-6-14(10-13)20-18(26)16-7-8-19-24(16)3/h4-10H,1-3H3,(H,20,26)(H,22,25). The number of aromatic nitrogens is 3. The molecule has 27 heavy (non-hydrogen) atoms. The molecular formula is C18H18N6O3. The Balaban J connectivity index is 1.69. The first-order valence-corrected chi connectivity index (χ1v) is 8.12. The molecule has 2 N–H and O–H groups in total. The minimum Gasteiger partial charge on any atom is -0.361 e. The SMILES string of the molecule is CC(=NNC(=O)c1cc(C)on1)c1cccc(NC(=O)c2ccnn2C)c1. The first kappa shape index (κ1) is 18.1. The van der Waals surface area contributed by atoms with Crippen molar-refractivity contribution in [1.29, 1.82) is 0 Å². The van der Waals surface area contributed by atoms with Crippen LogP contribution in [0.5, 0.6) is 0 Å². The Bertz CT molecular complexity index is 1020. The zero-order valence-corrected chi connectivity index (χ0v) is 15.1. The monoisotopic (exact) mass is 366 g/mol. The van der Waals surface area contributed by atoms with Gasteiger partial charge in [-0.15, -0.1) is 0 Å². The maximum atomic E-state index is 12.3. The topological polar surface area (TPSA) is 114 Å². The van der Waals surface area contributed by atoms with E-state index in [1.54, 1.807) is 51.4 Å². The minimum absolute atomic E-state index is 0.154. The van der Waals surface area contributed by atoms with Gasteiger partial charge in [0.2, 0.25) is 0 Å². The highest BCUT2D eigenvalue weighted by Crippen LogP contribution is 2.13. The Kier molecular flexibility index (Phi) is 5.11. The third kappa shape index (κ3) is 4.27. The zero-order chi connectivity index (χ0) is 19.4. The van der Waals surface area contributed by atoms with Gasteiger partial charge in [0.25, 0.3) is 11.8 Å². The number of hydrogen-bond donors (Lipinski definition) is 2. The van der Waals surface area contributed by atoms with Crippen LogP contribution in [0.15, 0.2) is 52.2 Å². The van der Waals surface area contributed by atoms with Crippen LogP contribution in [0.1, 0.15) is 39.2 Å². The summed E-state index contributed by atoms with van der Waals surface area (Å²) in [5.41, 5.74) is 4.95. The number of nitrogens with zero attached hydrogens (tertiary/aromatic N) is 4. The fraction of sp³-hybridized carbons (Fsp3) is 0.167. The first-order chi connectivity index (χ1) is 12.9. The molecule has 2 heterocycles. The third-order valence-electron chi connectivity index (χ3n) is 3.78. The van der Waals surface area contributed by atoms with Gasteiger partial charge in [0.15, 0.2) is 5.69 Å². The van der Waals surface area contributed by atoms with Gasteiger partial charge in [0.1, 0.15) is 11.5 Å². The number of aryl methyl sites for hydroxylation is 2. The van der Waals surface area contributed by atoms with Crippen LogP contribution in [-0.2, 0) is 7.05 Å². The molecule has 0 fully saturated rings. The van der Waals surface area contributed by atoms with Crippen LogP contribution in [-0.4, -0.2) is 32.5 Å². The Morgan fingerprint density at radius 2 is 2.00 bits per heavy atom. The minimum atomic E-state index is -0.466. The van der Waals surface area contributed by atoms with Crippen molar-refractivity contribution in [3.8, 4) is 0 Å². The van der Waals surface area contributed by atoms with Crippen LogP contribution in [0.25, 0.3) is 0 Å². The lowest BCUT2D eigenvalue weighted by Gasteiger charge is -2.08. The molecule has 0 saturated carbocycles. The van der Waals surface area contributed by atoms with Crippen molar-refractivity contribution in [2.45, 2.75) is 13.8 Å².